The van der Waals surface area contributed by atoms with Crippen LogP contribution in [0.5, 0.6) is 0 Å². The Morgan fingerprint density at radius 2 is 1.95 bits per heavy atom. The van der Waals surface area contributed by atoms with Gasteiger partial charge in [-0.05, 0) is 12.3 Å². The topological polar surface area (TPSA) is 78.8 Å². The van der Waals surface area contributed by atoms with Gasteiger partial charge < -0.3 is 20.3 Å². The standard InChI is InChI=1S/C15H31NO4/c1-4-6-7-8-9-20-15(19)14(12(3)5-2)16-10-13(18)11-17/h12-14,16-18H,4-11H2,1-3H3/t12-,13?,14-/m0/s1. The van der Waals surface area contributed by atoms with Gasteiger partial charge in [-0.3, -0.25) is 4.79 Å². The number of esters is 1. The molecule has 3 N–H and O–H groups in total. The molecular weight excluding hydrogens is 258 g/mol. The molecule has 0 radical (unpaired) electrons. The fraction of sp³-hybridized carbons (Fsp3) is 0.933. The Morgan fingerprint density at radius 3 is 2.50 bits per heavy atom. The van der Waals surface area contributed by atoms with E-state index in [0.717, 1.165) is 32.1 Å². The summed E-state index contributed by atoms with van der Waals surface area (Å²) < 4.78 is 5.29. The van der Waals surface area contributed by atoms with E-state index < -0.39 is 12.1 Å². The van der Waals surface area contributed by atoms with Crippen LogP contribution in [-0.2, 0) is 9.53 Å². The van der Waals surface area contributed by atoms with Crippen LogP contribution in [0.1, 0.15) is 52.9 Å². The van der Waals surface area contributed by atoms with Gasteiger partial charge in [0.2, 0.25) is 0 Å². The second kappa shape index (κ2) is 12.1. The van der Waals surface area contributed by atoms with Gasteiger partial charge in [0.15, 0.2) is 0 Å². The lowest BCUT2D eigenvalue weighted by atomic mass is 9.99. The molecule has 20 heavy (non-hydrogen) atoms. The van der Waals surface area contributed by atoms with Gasteiger partial charge in [-0.15, -0.1) is 0 Å². The van der Waals surface area contributed by atoms with Crippen LogP contribution >= 0.6 is 0 Å². The number of nitrogens with one attached hydrogen (secondary N) is 1. The van der Waals surface area contributed by atoms with Gasteiger partial charge >= 0.3 is 5.97 Å². The van der Waals surface area contributed by atoms with Crippen LogP contribution in [-0.4, -0.2) is 48.1 Å². The van der Waals surface area contributed by atoms with Crippen molar-refractivity contribution >= 4 is 5.97 Å². The van der Waals surface area contributed by atoms with E-state index in [9.17, 15) is 9.90 Å². The molecule has 0 fully saturated rings. The molecule has 5 nitrogen and oxygen atoms in total. The highest BCUT2D eigenvalue weighted by molar-refractivity contribution is 5.76. The lowest BCUT2D eigenvalue weighted by Gasteiger charge is -2.23. The van der Waals surface area contributed by atoms with E-state index in [4.69, 9.17) is 9.84 Å². The first-order valence-electron chi connectivity index (χ1n) is 7.75. The summed E-state index contributed by atoms with van der Waals surface area (Å²) in [5.74, 6) is -0.134. The minimum absolute atomic E-state index is 0.129. The third kappa shape index (κ3) is 8.51. The van der Waals surface area contributed by atoms with E-state index >= 15 is 0 Å². The molecule has 5 heteroatoms. The molecule has 0 aliphatic carbocycles. The number of rotatable bonds is 12. The summed E-state index contributed by atoms with van der Waals surface area (Å²) in [6, 6.07) is -0.424. The highest BCUT2D eigenvalue weighted by Gasteiger charge is 2.25. The van der Waals surface area contributed by atoms with Crippen molar-refractivity contribution in [1.82, 2.24) is 5.32 Å². The third-order valence-corrected chi connectivity index (χ3v) is 3.49. The first-order valence-corrected chi connectivity index (χ1v) is 7.75. The number of ether oxygens (including phenoxy) is 1. The Hall–Kier alpha value is -0.650. The molecule has 0 aromatic heterocycles. The molecule has 0 saturated heterocycles. The summed E-state index contributed by atoms with van der Waals surface area (Å²) in [6.45, 7) is 6.46. The van der Waals surface area contributed by atoms with Crippen LogP contribution in [0, 0.1) is 5.92 Å². The largest absolute Gasteiger partial charge is 0.465 e. The van der Waals surface area contributed by atoms with E-state index in [0.29, 0.717) is 6.61 Å². The van der Waals surface area contributed by atoms with Crippen molar-refractivity contribution in [3.05, 3.63) is 0 Å². The van der Waals surface area contributed by atoms with Crippen molar-refractivity contribution in [3.63, 3.8) is 0 Å². The number of aliphatic hydroxyl groups is 2. The highest BCUT2D eigenvalue weighted by Crippen LogP contribution is 2.10. The smallest absolute Gasteiger partial charge is 0.323 e. The molecule has 0 rings (SSSR count). The summed E-state index contributed by atoms with van der Waals surface area (Å²) >= 11 is 0. The zero-order valence-corrected chi connectivity index (χ0v) is 13.1. The molecule has 120 valence electrons. The van der Waals surface area contributed by atoms with Crippen LogP contribution in [0.2, 0.25) is 0 Å². The second-order valence-corrected chi connectivity index (χ2v) is 5.34. The molecular formula is C15H31NO4. The number of aliphatic hydroxyl groups excluding tert-OH is 2. The lowest BCUT2D eigenvalue weighted by Crippen LogP contribution is -2.46. The first-order chi connectivity index (χ1) is 9.56. The minimum atomic E-state index is -0.848. The van der Waals surface area contributed by atoms with Gasteiger partial charge in [-0.1, -0.05) is 46.5 Å². The predicted molar refractivity (Wildman–Crippen MR) is 79.4 cm³/mol. The van der Waals surface area contributed by atoms with Gasteiger partial charge in [-0.2, -0.15) is 0 Å². The average molecular weight is 289 g/mol. The van der Waals surface area contributed by atoms with E-state index in [1.807, 2.05) is 13.8 Å². The van der Waals surface area contributed by atoms with Crippen LogP contribution in [0.3, 0.4) is 0 Å². The summed E-state index contributed by atoms with van der Waals surface area (Å²) in [5.41, 5.74) is 0. The summed E-state index contributed by atoms with van der Waals surface area (Å²) in [5, 5.41) is 21.1. The molecule has 0 aromatic carbocycles. The van der Waals surface area contributed by atoms with Crippen LogP contribution in [0.15, 0.2) is 0 Å². The van der Waals surface area contributed by atoms with Gasteiger partial charge in [0, 0.05) is 6.54 Å². The van der Waals surface area contributed by atoms with Crippen molar-refractivity contribution < 1.29 is 19.7 Å². The zero-order chi connectivity index (χ0) is 15.4. The molecule has 0 spiro atoms. The quantitative estimate of drug-likeness (QED) is 0.374. The molecule has 0 amide bonds. The van der Waals surface area contributed by atoms with Gasteiger partial charge in [0.25, 0.3) is 0 Å². The molecule has 0 bridgehead atoms. The molecule has 0 saturated carbocycles. The molecule has 0 aliphatic rings. The molecule has 0 aromatic rings. The highest BCUT2D eigenvalue weighted by atomic mass is 16.5. The van der Waals surface area contributed by atoms with E-state index in [1.165, 1.54) is 0 Å². The maximum absolute atomic E-state index is 12.0. The molecule has 1 unspecified atom stereocenters. The Bertz CT molecular complexity index is 248. The number of carbonyl (C=O) groups excluding carboxylic acids is 1. The monoisotopic (exact) mass is 289 g/mol. The Morgan fingerprint density at radius 1 is 1.25 bits per heavy atom. The third-order valence-electron chi connectivity index (χ3n) is 3.49. The van der Waals surface area contributed by atoms with E-state index in [2.05, 4.69) is 12.2 Å². The number of hydrogen-bond acceptors (Lipinski definition) is 5. The summed E-state index contributed by atoms with van der Waals surface area (Å²) in [7, 11) is 0. The maximum atomic E-state index is 12.0. The summed E-state index contributed by atoms with van der Waals surface area (Å²) in [4.78, 5) is 12.0. The fourth-order valence-electron chi connectivity index (χ4n) is 1.87. The zero-order valence-electron chi connectivity index (χ0n) is 13.1. The number of unbranched alkanes of at least 4 members (excludes halogenated alkanes) is 3. The van der Waals surface area contributed by atoms with E-state index in [-0.39, 0.29) is 25.0 Å². The fourth-order valence-corrected chi connectivity index (χ4v) is 1.87. The average Bonchev–Trinajstić information content (AvgIpc) is 2.46. The maximum Gasteiger partial charge on any atom is 0.323 e. The summed E-state index contributed by atoms with van der Waals surface area (Å²) in [6.07, 6.45) is 4.29. The van der Waals surface area contributed by atoms with Crippen molar-refractivity contribution in [1.29, 1.82) is 0 Å². The predicted octanol–water partition coefficient (Wildman–Crippen LogP) is 1.47. The van der Waals surface area contributed by atoms with Crippen LogP contribution in [0.4, 0.5) is 0 Å². The molecule has 0 heterocycles. The Balaban J connectivity index is 4.14. The van der Waals surface area contributed by atoms with Gasteiger partial charge in [0.05, 0.1) is 19.3 Å². The first kappa shape index (κ1) is 19.4. The van der Waals surface area contributed by atoms with Crippen molar-refractivity contribution in [2.24, 2.45) is 5.92 Å². The lowest BCUT2D eigenvalue weighted by molar-refractivity contribution is -0.148. The van der Waals surface area contributed by atoms with Crippen molar-refractivity contribution in [2.45, 2.75) is 65.0 Å². The Kier molecular flexibility index (Phi) is 11.7. The van der Waals surface area contributed by atoms with Crippen molar-refractivity contribution in [3.8, 4) is 0 Å². The molecule has 3 atom stereocenters. The number of carbonyl (C=O) groups is 1. The molecule has 0 aliphatic heterocycles. The van der Waals surface area contributed by atoms with Crippen LogP contribution in [0.25, 0.3) is 0 Å². The number of hydrogen-bond donors (Lipinski definition) is 3. The van der Waals surface area contributed by atoms with Crippen LogP contribution < -0.4 is 5.32 Å². The van der Waals surface area contributed by atoms with Gasteiger partial charge in [-0.25, -0.2) is 0 Å². The minimum Gasteiger partial charge on any atom is -0.465 e. The Labute approximate surface area is 122 Å². The van der Waals surface area contributed by atoms with E-state index in [1.54, 1.807) is 0 Å². The SMILES string of the molecule is CCCCCCOC(=O)[C@@H](NCC(O)CO)[C@@H](C)CC. The van der Waals surface area contributed by atoms with Gasteiger partial charge in [0.1, 0.15) is 6.04 Å². The van der Waals surface area contributed by atoms with Crippen molar-refractivity contribution in [2.75, 3.05) is 19.8 Å². The normalized spacial score (nSPS) is 15.7. The second-order valence-electron chi connectivity index (χ2n) is 5.34.